The molecular weight excluding hydrogens is 270 g/mol. The van der Waals surface area contributed by atoms with Crippen LogP contribution in [0.3, 0.4) is 0 Å². The van der Waals surface area contributed by atoms with Gasteiger partial charge in [0.1, 0.15) is 23.1 Å². The number of nitrogens with zero attached hydrogens (tertiary/aromatic N) is 1. The van der Waals surface area contributed by atoms with E-state index in [1.54, 1.807) is 0 Å². The lowest BCUT2D eigenvalue weighted by molar-refractivity contribution is -0.145. The minimum absolute atomic E-state index is 0.109. The molecule has 0 aromatic carbocycles. The molecule has 0 amide bonds. The van der Waals surface area contributed by atoms with Crippen molar-refractivity contribution in [3.8, 4) is 0 Å². The molecule has 8 heteroatoms. The second-order valence-corrected chi connectivity index (χ2v) is 4.06. The number of hydrogen-bond donors (Lipinski definition) is 3. The van der Waals surface area contributed by atoms with Crippen LogP contribution in [0, 0.1) is 5.92 Å². The highest BCUT2D eigenvalue weighted by atomic mass is 16.4. The van der Waals surface area contributed by atoms with Gasteiger partial charge >= 0.3 is 17.9 Å². The molecule has 3 N–H and O–H groups in total. The van der Waals surface area contributed by atoms with Crippen LogP contribution < -0.4 is 0 Å². The van der Waals surface area contributed by atoms with Gasteiger partial charge in [-0.15, -0.1) is 0 Å². The third-order valence-electron chi connectivity index (χ3n) is 2.55. The molecule has 20 heavy (non-hydrogen) atoms. The molecule has 0 aliphatic carbocycles. The predicted octanol–water partition coefficient (Wildman–Crippen LogP) is 0.310. The van der Waals surface area contributed by atoms with Crippen LogP contribution in [-0.4, -0.2) is 44.0 Å². The molecule has 0 saturated heterocycles. The summed E-state index contributed by atoms with van der Waals surface area (Å²) in [5, 5.41) is 26.6. The first-order valence-corrected chi connectivity index (χ1v) is 5.43. The number of carboxylic acids is 3. The van der Waals surface area contributed by atoms with E-state index in [0.29, 0.717) is 0 Å². The highest BCUT2D eigenvalue weighted by Gasteiger charge is 2.24. The molecule has 1 atom stereocenters. The maximum Gasteiger partial charge on any atom is 0.354 e. The number of aliphatic carboxylic acids is 1. The van der Waals surface area contributed by atoms with Gasteiger partial charge in [-0.2, -0.15) is 0 Å². The molecule has 8 nitrogen and oxygen atoms in total. The van der Waals surface area contributed by atoms with Crippen molar-refractivity contribution in [3.05, 3.63) is 29.1 Å². The number of aromatic nitrogens is 1. The van der Waals surface area contributed by atoms with Crippen molar-refractivity contribution in [2.24, 2.45) is 5.92 Å². The fraction of sp³-hybridized carbons (Fsp3) is 0.250. The number of hydrogen-bond acceptors (Lipinski definition) is 5. The fourth-order valence-corrected chi connectivity index (χ4v) is 1.56. The van der Waals surface area contributed by atoms with Gasteiger partial charge in [0.2, 0.25) is 0 Å². The quantitative estimate of drug-likeness (QED) is 0.632. The van der Waals surface area contributed by atoms with E-state index in [1.807, 2.05) is 0 Å². The Balaban J connectivity index is 3.23. The first-order valence-electron chi connectivity index (χ1n) is 5.43. The average molecular weight is 281 g/mol. The molecule has 1 aromatic rings. The van der Waals surface area contributed by atoms with Crippen molar-refractivity contribution < 1.29 is 34.5 Å². The van der Waals surface area contributed by atoms with Gasteiger partial charge in [-0.1, -0.05) is 0 Å². The number of pyridine rings is 1. The largest absolute Gasteiger partial charge is 0.481 e. The highest BCUT2D eigenvalue weighted by Crippen LogP contribution is 2.14. The van der Waals surface area contributed by atoms with Gasteiger partial charge in [0.05, 0.1) is 0 Å². The fourth-order valence-electron chi connectivity index (χ4n) is 1.56. The third kappa shape index (κ3) is 3.61. The number of carboxylic acid groups (broad SMARTS) is 3. The zero-order valence-corrected chi connectivity index (χ0v) is 10.4. The van der Waals surface area contributed by atoms with Crippen LogP contribution in [-0.2, 0) is 16.0 Å². The Bertz CT molecular complexity index is 547. The Morgan fingerprint density at radius 3 is 1.80 bits per heavy atom. The smallest absolute Gasteiger partial charge is 0.354 e. The second-order valence-electron chi connectivity index (χ2n) is 4.06. The molecule has 0 aliphatic heterocycles. The van der Waals surface area contributed by atoms with Crippen LogP contribution in [0.25, 0.3) is 0 Å². The van der Waals surface area contributed by atoms with Crippen molar-refractivity contribution >= 4 is 23.7 Å². The Morgan fingerprint density at radius 2 is 1.50 bits per heavy atom. The molecule has 0 saturated carbocycles. The first kappa shape index (κ1) is 15.3. The average Bonchev–Trinajstić information content (AvgIpc) is 2.34. The van der Waals surface area contributed by atoms with Gasteiger partial charge in [-0.3, -0.25) is 9.59 Å². The number of ketones is 1. The molecule has 0 aliphatic rings. The van der Waals surface area contributed by atoms with E-state index in [1.165, 1.54) is 0 Å². The summed E-state index contributed by atoms with van der Waals surface area (Å²) in [6.07, 6.45) is -0.298. The van der Waals surface area contributed by atoms with Crippen LogP contribution in [0.5, 0.6) is 0 Å². The van der Waals surface area contributed by atoms with E-state index in [2.05, 4.69) is 4.98 Å². The minimum atomic E-state index is -1.44. The van der Waals surface area contributed by atoms with Crippen LogP contribution in [0.2, 0.25) is 0 Å². The topological polar surface area (TPSA) is 142 Å². The van der Waals surface area contributed by atoms with Gasteiger partial charge in [0, 0.05) is 0 Å². The molecule has 1 aromatic heterocycles. The number of Topliss-reactive ketones (excluding diaryl/α,β-unsaturated/α-hetero) is 1. The molecule has 1 heterocycles. The van der Waals surface area contributed by atoms with Crippen LogP contribution >= 0.6 is 0 Å². The first-order chi connectivity index (χ1) is 9.22. The van der Waals surface area contributed by atoms with E-state index in [0.717, 1.165) is 19.1 Å². The van der Waals surface area contributed by atoms with Gasteiger partial charge in [-0.25, -0.2) is 14.6 Å². The summed E-state index contributed by atoms with van der Waals surface area (Å²) in [7, 11) is 0. The van der Waals surface area contributed by atoms with Crippen molar-refractivity contribution in [1.29, 1.82) is 0 Å². The van der Waals surface area contributed by atoms with E-state index in [4.69, 9.17) is 15.3 Å². The molecule has 1 unspecified atom stereocenters. The van der Waals surface area contributed by atoms with Crippen molar-refractivity contribution in [3.63, 3.8) is 0 Å². The minimum Gasteiger partial charge on any atom is -0.481 e. The molecule has 0 spiro atoms. The van der Waals surface area contributed by atoms with E-state index in [9.17, 15) is 19.2 Å². The lowest BCUT2D eigenvalue weighted by atomic mass is 9.95. The summed E-state index contributed by atoms with van der Waals surface area (Å²) < 4.78 is 0. The lowest BCUT2D eigenvalue weighted by Gasteiger charge is -2.09. The zero-order chi connectivity index (χ0) is 15.4. The number of carbonyl (C=O) groups excluding carboxylic acids is 1. The Kier molecular flexibility index (Phi) is 4.52. The van der Waals surface area contributed by atoms with Crippen LogP contribution in [0.1, 0.15) is 33.5 Å². The van der Waals surface area contributed by atoms with Crippen molar-refractivity contribution in [2.75, 3.05) is 0 Å². The Morgan fingerprint density at radius 1 is 1.05 bits per heavy atom. The van der Waals surface area contributed by atoms with E-state index < -0.39 is 41.0 Å². The van der Waals surface area contributed by atoms with Gasteiger partial charge in [0.15, 0.2) is 0 Å². The SMILES string of the molecule is CC(=O)C(Cc1cc(C(=O)O)nc(C(=O)O)c1)C(=O)O. The van der Waals surface area contributed by atoms with Crippen LogP contribution in [0.15, 0.2) is 12.1 Å². The number of rotatable bonds is 6. The maximum absolute atomic E-state index is 11.2. The zero-order valence-electron chi connectivity index (χ0n) is 10.4. The summed E-state index contributed by atoms with van der Waals surface area (Å²) in [5.74, 6) is -6.21. The monoisotopic (exact) mass is 281 g/mol. The third-order valence-corrected chi connectivity index (χ3v) is 2.55. The standard InChI is InChI=1S/C12H11NO7/c1-5(14)7(10(15)16)2-6-3-8(11(17)18)13-9(4-6)12(19)20/h3-4,7H,2H2,1H3,(H,15,16)(H,17,18)(H,19,20). The van der Waals surface area contributed by atoms with Crippen molar-refractivity contribution in [1.82, 2.24) is 4.98 Å². The summed E-state index contributed by atoms with van der Waals surface area (Å²) in [6, 6.07) is 2.10. The maximum atomic E-state index is 11.2. The molecule has 106 valence electrons. The number of carbonyl (C=O) groups is 4. The van der Waals surface area contributed by atoms with Gasteiger partial charge in [-0.05, 0) is 31.0 Å². The lowest BCUT2D eigenvalue weighted by Crippen LogP contribution is -2.24. The van der Waals surface area contributed by atoms with E-state index >= 15 is 0 Å². The Hall–Kier alpha value is -2.77. The van der Waals surface area contributed by atoms with Gasteiger partial charge < -0.3 is 15.3 Å². The van der Waals surface area contributed by atoms with Gasteiger partial charge in [0.25, 0.3) is 0 Å². The Labute approximate surface area is 112 Å². The molecule has 0 radical (unpaired) electrons. The van der Waals surface area contributed by atoms with Crippen LogP contribution in [0.4, 0.5) is 0 Å². The molecule has 1 rings (SSSR count). The second kappa shape index (κ2) is 5.91. The normalized spacial score (nSPS) is 11.7. The summed E-state index contributed by atoms with van der Waals surface area (Å²) in [4.78, 5) is 47.2. The molecular formula is C12H11NO7. The molecule has 0 fully saturated rings. The molecule has 0 bridgehead atoms. The van der Waals surface area contributed by atoms with E-state index in [-0.39, 0.29) is 12.0 Å². The number of aromatic carboxylic acids is 2. The summed E-state index contributed by atoms with van der Waals surface area (Å²) in [6.45, 7) is 1.09. The summed E-state index contributed by atoms with van der Waals surface area (Å²) >= 11 is 0. The van der Waals surface area contributed by atoms with Crippen molar-refractivity contribution in [2.45, 2.75) is 13.3 Å². The highest BCUT2D eigenvalue weighted by molar-refractivity contribution is 5.97. The predicted molar refractivity (Wildman–Crippen MR) is 63.7 cm³/mol. The summed E-state index contributed by atoms with van der Waals surface area (Å²) in [5.41, 5.74) is -0.933.